The molecule has 1 heterocycles. The minimum Gasteiger partial charge on any atom is -0.456 e. The predicted molar refractivity (Wildman–Crippen MR) is 101 cm³/mol. The summed E-state index contributed by atoms with van der Waals surface area (Å²) in [6.45, 7) is 0.641. The van der Waals surface area contributed by atoms with Gasteiger partial charge in [-0.1, -0.05) is 0 Å². The molecule has 0 spiro atoms. The van der Waals surface area contributed by atoms with Gasteiger partial charge in [-0.2, -0.15) is 0 Å². The van der Waals surface area contributed by atoms with Gasteiger partial charge in [0.25, 0.3) is 15.9 Å². The number of esters is 1. The summed E-state index contributed by atoms with van der Waals surface area (Å²) in [4.78, 5) is 27.3. The lowest BCUT2D eigenvalue weighted by atomic mass is 10.3. The van der Waals surface area contributed by atoms with E-state index in [1.165, 1.54) is 10.8 Å². The van der Waals surface area contributed by atoms with Gasteiger partial charge in [0.2, 0.25) is 0 Å². The van der Waals surface area contributed by atoms with Crippen molar-refractivity contribution in [3.05, 3.63) is 40.3 Å². The number of carbonyl (C=O) groups excluding carboxylic acids is 2. The van der Waals surface area contributed by atoms with Gasteiger partial charge >= 0.3 is 5.97 Å². The van der Waals surface area contributed by atoms with Crippen LogP contribution in [0.4, 0.5) is 14.5 Å². The van der Waals surface area contributed by atoms with Gasteiger partial charge < -0.3 is 14.6 Å². The molecular weight excluding hydrogens is 478 g/mol. The van der Waals surface area contributed by atoms with E-state index in [1.54, 1.807) is 14.0 Å². The number of rotatable bonds is 8. The molecule has 0 unspecified atom stereocenters. The van der Waals surface area contributed by atoms with Crippen LogP contribution in [0.15, 0.2) is 27.8 Å². The Morgan fingerprint density at radius 1 is 1.31 bits per heavy atom. The monoisotopic (exact) mass is 494 g/mol. The second-order valence-corrected chi connectivity index (χ2v) is 8.41. The van der Waals surface area contributed by atoms with E-state index in [0.717, 1.165) is 6.07 Å². The van der Waals surface area contributed by atoms with Crippen molar-refractivity contribution in [2.24, 2.45) is 7.05 Å². The van der Waals surface area contributed by atoms with Gasteiger partial charge in [-0.15, -0.1) is 0 Å². The van der Waals surface area contributed by atoms with Crippen LogP contribution in [0, 0.1) is 18.6 Å². The molecule has 13 heteroatoms. The van der Waals surface area contributed by atoms with Gasteiger partial charge in [-0.3, -0.25) is 9.59 Å². The second-order valence-electron chi connectivity index (χ2n) is 5.84. The lowest BCUT2D eigenvalue weighted by molar-refractivity contribution is -0.147. The molecule has 158 valence electrons. The van der Waals surface area contributed by atoms with Gasteiger partial charge in [0.05, 0.1) is 12.1 Å². The lowest BCUT2D eigenvalue weighted by Crippen LogP contribution is -2.28. The molecule has 0 bridgehead atoms. The van der Waals surface area contributed by atoms with Crippen LogP contribution in [-0.4, -0.2) is 43.0 Å². The van der Waals surface area contributed by atoms with E-state index < -0.39 is 40.1 Å². The Balaban J connectivity index is 1.79. The number of hydrogen-bond donors (Lipinski definition) is 2. The molecular formula is C16H17BrF2N4O5S. The number of nitrogens with one attached hydrogen (secondary N) is 2. The molecule has 0 atom stereocenters. The van der Waals surface area contributed by atoms with E-state index in [4.69, 9.17) is 4.74 Å². The number of ether oxygens (including phenoxy) is 1. The first-order valence-corrected chi connectivity index (χ1v) is 10.4. The molecule has 1 aromatic carbocycles. The van der Waals surface area contributed by atoms with Gasteiger partial charge in [0.1, 0.15) is 11.6 Å². The average molecular weight is 495 g/mol. The van der Waals surface area contributed by atoms with E-state index >= 15 is 0 Å². The smallest absolute Gasteiger partial charge is 0.307 e. The molecule has 0 aliphatic heterocycles. The molecule has 0 saturated heterocycles. The number of aryl methyl sites for hydroxylation is 2. The van der Waals surface area contributed by atoms with Crippen molar-refractivity contribution in [2.45, 2.75) is 18.4 Å². The second kappa shape index (κ2) is 9.41. The molecule has 2 rings (SSSR count). The van der Waals surface area contributed by atoms with Crippen LogP contribution in [0.5, 0.6) is 0 Å². The van der Waals surface area contributed by atoms with Crippen LogP contribution >= 0.6 is 15.9 Å². The Bertz CT molecular complexity index is 999. The minimum atomic E-state index is -3.89. The van der Waals surface area contributed by atoms with Crippen LogP contribution in [-0.2, 0) is 31.4 Å². The summed E-state index contributed by atoms with van der Waals surface area (Å²) in [7, 11) is -2.25. The topological polar surface area (TPSA) is 119 Å². The highest BCUT2D eigenvalue weighted by Crippen LogP contribution is 2.26. The first-order chi connectivity index (χ1) is 13.5. The Morgan fingerprint density at radius 2 is 2.00 bits per heavy atom. The number of amides is 1. The summed E-state index contributed by atoms with van der Waals surface area (Å²) in [6.07, 6.45) is 0.986. The first kappa shape index (κ1) is 22.9. The Morgan fingerprint density at radius 3 is 2.59 bits per heavy atom. The fraction of sp³-hybridized carbons (Fsp3) is 0.312. The van der Waals surface area contributed by atoms with Crippen molar-refractivity contribution in [3.8, 4) is 0 Å². The molecule has 0 aliphatic rings. The third kappa shape index (κ3) is 6.30. The summed E-state index contributed by atoms with van der Waals surface area (Å²) in [5.41, 5.74) is -0.300. The summed E-state index contributed by atoms with van der Waals surface area (Å²) in [5.74, 6) is -3.04. The third-order valence-corrected chi connectivity index (χ3v) is 5.58. The number of sulfonamides is 1. The molecule has 9 nitrogen and oxygen atoms in total. The minimum absolute atomic E-state index is 0.0196. The van der Waals surface area contributed by atoms with Crippen molar-refractivity contribution in [3.63, 3.8) is 0 Å². The lowest BCUT2D eigenvalue weighted by Gasteiger charge is -2.09. The normalized spacial score (nSPS) is 11.3. The number of anilines is 1. The number of benzene rings is 1. The maximum absolute atomic E-state index is 13.7. The average Bonchev–Trinajstić information content (AvgIpc) is 2.96. The summed E-state index contributed by atoms with van der Waals surface area (Å²) < 4.78 is 59.2. The van der Waals surface area contributed by atoms with Crippen molar-refractivity contribution in [2.75, 3.05) is 18.5 Å². The molecule has 2 N–H and O–H groups in total. The highest BCUT2D eigenvalue weighted by Gasteiger charge is 2.19. The largest absolute Gasteiger partial charge is 0.456 e. The van der Waals surface area contributed by atoms with E-state index in [2.05, 4.69) is 31.0 Å². The van der Waals surface area contributed by atoms with Gasteiger partial charge in [0.15, 0.2) is 17.5 Å². The Kier molecular flexibility index (Phi) is 7.43. The summed E-state index contributed by atoms with van der Waals surface area (Å²) in [6, 6.07) is 1.54. The van der Waals surface area contributed by atoms with Crippen molar-refractivity contribution >= 4 is 43.5 Å². The third-order valence-electron chi connectivity index (χ3n) is 3.62. The molecule has 0 aliphatic carbocycles. The number of imidazole rings is 1. The zero-order valence-corrected chi connectivity index (χ0v) is 17.7. The highest BCUT2D eigenvalue weighted by molar-refractivity contribution is 9.10. The van der Waals surface area contributed by atoms with E-state index in [1.807, 2.05) is 0 Å². The first-order valence-electron chi connectivity index (χ1n) is 8.09. The van der Waals surface area contributed by atoms with Gasteiger partial charge in [0, 0.05) is 30.3 Å². The van der Waals surface area contributed by atoms with Crippen LogP contribution in [0.2, 0.25) is 0 Å². The van der Waals surface area contributed by atoms with E-state index in [0.29, 0.717) is 11.9 Å². The zero-order valence-electron chi connectivity index (χ0n) is 15.3. The molecule has 1 aromatic heterocycles. The maximum atomic E-state index is 13.7. The van der Waals surface area contributed by atoms with E-state index in [-0.39, 0.29) is 28.2 Å². The summed E-state index contributed by atoms with van der Waals surface area (Å²) >= 11 is 2.91. The SMILES string of the molecule is Cc1nc(S(=O)(=O)NCCC(=O)OCC(=O)Nc2c(F)cc(F)cc2Br)cn1C. The number of carbonyl (C=O) groups is 2. The molecule has 0 saturated carbocycles. The number of hydrogen-bond acceptors (Lipinski definition) is 6. The standard InChI is InChI=1S/C16H17BrF2N4O5S/c1-9-21-14(7-23(9)2)29(26,27)20-4-3-15(25)28-8-13(24)22-16-11(17)5-10(18)6-12(16)19/h5-7,20H,3-4,8H2,1-2H3,(H,22,24). The Hall–Kier alpha value is -2.38. The number of nitrogens with zero attached hydrogens (tertiary/aromatic N) is 2. The van der Waals surface area contributed by atoms with Crippen LogP contribution in [0.1, 0.15) is 12.2 Å². The quantitative estimate of drug-likeness (QED) is 0.538. The zero-order chi connectivity index (χ0) is 21.8. The molecule has 0 radical (unpaired) electrons. The maximum Gasteiger partial charge on any atom is 0.307 e. The fourth-order valence-electron chi connectivity index (χ4n) is 2.07. The van der Waals surface area contributed by atoms with Crippen molar-refractivity contribution < 1.29 is 31.5 Å². The number of halogens is 3. The predicted octanol–water partition coefficient (Wildman–Crippen LogP) is 1.62. The molecule has 2 aromatic rings. The fourth-order valence-corrected chi connectivity index (χ4v) is 3.65. The number of aromatic nitrogens is 2. The van der Waals surface area contributed by atoms with Crippen LogP contribution < -0.4 is 10.0 Å². The van der Waals surface area contributed by atoms with Crippen molar-refractivity contribution in [1.29, 1.82) is 0 Å². The Labute approximate surface area is 173 Å². The molecule has 1 amide bonds. The molecule has 29 heavy (non-hydrogen) atoms. The van der Waals surface area contributed by atoms with Gasteiger partial charge in [-0.05, 0) is 28.9 Å². The van der Waals surface area contributed by atoms with Crippen molar-refractivity contribution in [1.82, 2.24) is 14.3 Å². The van der Waals surface area contributed by atoms with Crippen LogP contribution in [0.25, 0.3) is 0 Å². The highest BCUT2D eigenvalue weighted by atomic mass is 79.9. The molecule has 0 fully saturated rings. The summed E-state index contributed by atoms with van der Waals surface area (Å²) in [5, 5.41) is 1.96. The van der Waals surface area contributed by atoms with Crippen LogP contribution in [0.3, 0.4) is 0 Å². The van der Waals surface area contributed by atoms with E-state index in [9.17, 15) is 26.8 Å². The van der Waals surface area contributed by atoms with Gasteiger partial charge in [-0.25, -0.2) is 26.9 Å².